The van der Waals surface area contributed by atoms with Gasteiger partial charge in [0.25, 0.3) is 5.91 Å². The molecule has 1 N–H and O–H groups in total. The zero-order chi connectivity index (χ0) is 27.1. The van der Waals surface area contributed by atoms with Gasteiger partial charge in [0.05, 0.1) is 22.8 Å². The van der Waals surface area contributed by atoms with Crippen molar-refractivity contribution in [1.29, 1.82) is 0 Å². The number of benzene rings is 2. The zero-order valence-electron chi connectivity index (χ0n) is 21.6. The molecule has 1 aliphatic heterocycles. The Morgan fingerprint density at radius 2 is 1.71 bits per heavy atom. The maximum absolute atomic E-state index is 12.9. The molecular formula is C28H32ClN5O3S. The van der Waals surface area contributed by atoms with Crippen LogP contribution in [-0.2, 0) is 16.0 Å². The molecule has 200 valence electrons. The third-order valence-corrected chi connectivity index (χ3v) is 7.31. The summed E-state index contributed by atoms with van der Waals surface area (Å²) in [6.45, 7) is 7.04. The predicted octanol–water partition coefficient (Wildman–Crippen LogP) is 4.42. The van der Waals surface area contributed by atoms with Crippen molar-refractivity contribution in [3.8, 4) is 0 Å². The molecule has 8 nitrogen and oxygen atoms in total. The first-order valence-electron chi connectivity index (χ1n) is 12.7. The molecule has 3 amide bonds. The number of thiazole rings is 1. The lowest BCUT2D eigenvalue weighted by atomic mass is 10.1. The fraction of sp³-hybridized carbons (Fsp3) is 0.357. The van der Waals surface area contributed by atoms with Crippen molar-refractivity contribution in [1.82, 2.24) is 14.8 Å². The van der Waals surface area contributed by atoms with Gasteiger partial charge in [0.2, 0.25) is 11.8 Å². The topological polar surface area (TPSA) is 85.8 Å². The van der Waals surface area contributed by atoms with Crippen molar-refractivity contribution in [3.63, 3.8) is 0 Å². The summed E-state index contributed by atoms with van der Waals surface area (Å²) in [7, 11) is 0. The van der Waals surface area contributed by atoms with Crippen LogP contribution in [0.15, 0.2) is 60.0 Å². The van der Waals surface area contributed by atoms with E-state index in [2.05, 4.69) is 15.2 Å². The molecule has 2 aromatic carbocycles. The van der Waals surface area contributed by atoms with Crippen molar-refractivity contribution in [2.45, 2.75) is 20.3 Å². The van der Waals surface area contributed by atoms with Gasteiger partial charge in [-0.05, 0) is 30.2 Å². The van der Waals surface area contributed by atoms with Crippen LogP contribution in [0.1, 0.15) is 29.9 Å². The number of halogens is 1. The monoisotopic (exact) mass is 553 g/mol. The Labute approximate surface area is 232 Å². The molecule has 0 saturated carbocycles. The fourth-order valence-corrected chi connectivity index (χ4v) is 5.35. The van der Waals surface area contributed by atoms with E-state index in [-0.39, 0.29) is 36.6 Å². The molecule has 0 atom stereocenters. The highest BCUT2D eigenvalue weighted by Gasteiger charge is 2.24. The third-order valence-electron chi connectivity index (χ3n) is 6.18. The molecule has 1 fully saturated rings. The lowest BCUT2D eigenvalue weighted by Crippen LogP contribution is -2.49. The number of piperazine rings is 1. The normalized spacial score (nSPS) is 13.5. The first kappa shape index (κ1) is 27.6. The number of rotatable bonds is 9. The average molecular weight is 554 g/mol. The van der Waals surface area contributed by atoms with Crippen LogP contribution in [0, 0.1) is 5.92 Å². The van der Waals surface area contributed by atoms with Gasteiger partial charge in [0.1, 0.15) is 6.54 Å². The fourth-order valence-electron chi connectivity index (χ4n) is 4.37. The van der Waals surface area contributed by atoms with Gasteiger partial charge in [0.15, 0.2) is 5.13 Å². The number of carbonyl (C=O) groups is 3. The summed E-state index contributed by atoms with van der Waals surface area (Å²) in [6, 6.07) is 16.7. The second kappa shape index (κ2) is 12.9. The van der Waals surface area contributed by atoms with E-state index in [4.69, 9.17) is 11.6 Å². The number of hydrogen-bond acceptors (Lipinski definition) is 6. The maximum atomic E-state index is 12.9. The maximum Gasteiger partial charge on any atom is 0.254 e. The van der Waals surface area contributed by atoms with Crippen LogP contribution in [0.4, 0.5) is 10.8 Å². The van der Waals surface area contributed by atoms with Crippen molar-refractivity contribution in [2.24, 2.45) is 5.92 Å². The van der Waals surface area contributed by atoms with E-state index in [1.807, 2.05) is 49.1 Å². The molecule has 0 unspecified atom stereocenters. The summed E-state index contributed by atoms with van der Waals surface area (Å²) < 4.78 is 0. The number of anilines is 2. The van der Waals surface area contributed by atoms with Crippen molar-refractivity contribution in [2.75, 3.05) is 49.5 Å². The van der Waals surface area contributed by atoms with Crippen LogP contribution in [-0.4, -0.2) is 71.8 Å². The molecule has 1 aromatic heterocycles. The van der Waals surface area contributed by atoms with Gasteiger partial charge in [-0.3, -0.25) is 14.4 Å². The van der Waals surface area contributed by atoms with E-state index in [1.165, 1.54) is 11.3 Å². The molecule has 2 heterocycles. The standard InChI is InChI=1S/C28H32ClN5O3S/c1-20(2)17-34(27(37)21-8-4-3-5-9-21)18-25(35)31-28-30-22(19-38-28)16-26(36)33-14-12-32(13-15-33)24-11-7-6-10-23(24)29/h3-11,19-20H,12-18H2,1-2H3,(H,30,31,35). The number of nitrogens with one attached hydrogen (secondary N) is 1. The van der Waals surface area contributed by atoms with E-state index < -0.39 is 0 Å². The molecule has 10 heteroatoms. The number of para-hydroxylation sites is 1. The number of nitrogens with zero attached hydrogens (tertiary/aromatic N) is 4. The Morgan fingerprint density at radius 1 is 1.03 bits per heavy atom. The Morgan fingerprint density at radius 3 is 2.39 bits per heavy atom. The van der Waals surface area contributed by atoms with Crippen LogP contribution in [0.3, 0.4) is 0 Å². The summed E-state index contributed by atoms with van der Waals surface area (Å²) in [5, 5.41) is 5.70. The lowest BCUT2D eigenvalue weighted by Gasteiger charge is -2.36. The smallest absolute Gasteiger partial charge is 0.254 e. The molecule has 3 aromatic rings. The van der Waals surface area contributed by atoms with Gasteiger partial charge in [-0.15, -0.1) is 11.3 Å². The van der Waals surface area contributed by atoms with Crippen LogP contribution in [0.2, 0.25) is 5.02 Å². The Hall–Kier alpha value is -3.43. The summed E-state index contributed by atoms with van der Waals surface area (Å²) in [5.41, 5.74) is 2.14. The lowest BCUT2D eigenvalue weighted by molar-refractivity contribution is -0.130. The summed E-state index contributed by atoms with van der Waals surface area (Å²) in [6.07, 6.45) is 0.171. The third kappa shape index (κ3) is 7.33. The molecule has 0 radical (unpaired) electrons. The zero-order valence-corrected chi connectivity index (χ0v) is 23.2. The highest BCUT2D eigenvalue weighted by molar-refractivity contribution is 7.13. The Kier molecular flexibility index (Phi) is 9.36. The van der Waals surface area contributed by atoms with E-state index in [9.17, 15) is 14.4 Å². The molecule has 0 bridgehead atoms. The van der Waals surface area contributed by atoms with Gasteiger partial charge in [0, 0.05) is 43.7 Å². The van der Waals surface area contributed by atoms with Crippen molar-refractivity contribution >= 4 is 51.5 Å². The van der Waals surface area contributed by atoms with Gasteiger partial charge >= 0.3 is 0 Å². The molecule has 4 rings (SSSR count). The minimum Gasteiger partial charge on any atom is -0.367 e. The Balaban J connectivity index is 1.28. The summed E-state index contributed by atoms with van der Waals surface area (Å²) >= 11 is 7.59. The molecule has 0 aliphatic carbocycles. The van der Waals surface area contributed by atoms with Crippen molar-refractivity contribution in [3.05, 3.63) is 76.3 Å². The van der Waals surface area contributed by atoms with Crippen molar-refractivity contribution < 1.29 is 14.4 Å². The van der Waals surface area contributed by atoms with Gasteiger partial charge in [-0.2, -0.15) is 0 Å². The van der Waals surface area contributed by atoms with Crippen LogP contribution in [0.5, 0.6) is 0 Å². The van der Waals surface area contributed by atoms with E-state index in [0.717, 1.165) is 5.69 Å². The number of hydrogen-bond donors (Lipinski definition) is 1. The quantitative estimate of drug-likeness (QED) is 0.424. The minimum absolute atomic E-state index is 0.00329. The average Bonchev–Trinajstić information content (AvgIpc) is 3.34. The second-order valence-corrected chi connectivity index (χ2v) is 10.9. The molecule has 1 aliphatic rings. The van der Waals surface area contributed by atoms with Crippen LogP contribution in [0.25, 0.3) is 0 Å². The second-order valence-electron chi connectivity index (χ2n) is 9.63. The van der Waals surface area contributed by atoms with E-state index >= 15 is 0 Å². The molecule has 1 saturated heterocycles. The number of aromatic nitrogens is 1. The van der Waals surface area contributed by atoms with E-state index in [0.29, 0.717) is 54.1 Å². The molecule has 38 heavy (non-hydrogen) atoms. The first-order valence-corrected chi connectivity index (χ1v) is 13.9. The van der Waals surface area contributed by atoms with Crippen LogP contribution < -0.4 is 10.2 Å². The number of amides is 3. The first-order chi connectivity index (χ1) is 18.3. The molecule has 0 spiro atoms. The van der Waals surface area contributed by atoms with Gasteiger partial charge in [-0.25, -0.2) is 4.98 Å². The van der Waals surface area contributed by atoms with Gasteiger partial charge < -0.3 is 20.0 Å². The van der Waals surface area contributed by atoms with Crippen LogP contribution >= 0.6 is 22.9 Å². The number of carbonyl (C=O) groups excluding carboxylic acids is 3. The summed E-state index contributed by atoms with van der Waals surface area (Å²) in [4.78, 5) is 48.6. The summed E-state index contributed by atoms with van der Waals surface area (Å²) in [5.74, 6) is -0.296. The highest BCUT2D eigenvalue weighted by Crippen LogP contribution is 2.26. The Bertz CT molecular complexity index is 1260. The van der Waals surface area contributed by atoms with E-state index in [1.54, 1.807) is 34.5 Å². The minimum atomic E-state index is -0.321. The predicted molar refractivity (Wildman–Crippen MR) is 152 cm³/mol. The van der Waals surface area contributed by atoms with Gasteiger partial charge in [-0.1, -0.05) is 55.8 Å². The highest BCUT2D eigenvalue weighted by atomic mass is 35.5. The SMILES string of the molecule is CC(C)CN(CC(=O)Nc1nc(CC(=O)N2CCN(c3ccccc3Cl)CC2)cs1)C(=O)c1ccccc1. The molecular weight excluding hydrogens is 522 g/mol. The largest absolute Gasteiger partial charge is 0.367 e.